The van der Waals surface area contributed by atoms with Crippen molar-refractivity contribution in [3.63, 3.8) is 0 Å². The summed E-state index contributed by atoms with van der Waals surface area (Å²) in [4.78, 5) is 18.5. The molecule has 0 atom stereocenters. The van der Waals surface area contributed by atoms with Crippen molar-refractivity contribution < 1.29 is 9.90 Å². The maximum Gasteiger partial charge on any atom is 0.253 e. The van der Waals surface area contributed by atoms with Gasteiger partial charge in [-0.2, -0.15) is 0 Å². The molecule has 6 nitrogen and oxygen atoms in total. The number of hydrogen-bond acceptors (Lipinski definition) is 3. The van der Waals surface area contributed by atoms with Gasteiger partial charge < -0.3 is 20.6 Å². The standard InChI is InChI=1S/C22H38N4O2.HI/c1-6-22(7-2,13-15-27)17-25-21(23-8-3)24-14-12-18-10-9-11-19(16-18)20(28)26(4)5;/h9-11,16,27H,6-8,12-15,17H2,1-5H3,(H2,23,24,25);1H. The zero-order valence-electron chi connectivity index (χ0n) is 18.6. The number of aliphatic hydroxyl groups is 1. The number of halogens is 1. The largest absolute Gasteiger partial charge is 0.396 e. The Hall–Kier alpha value is -1.35. The van der Waals surface area contributed by atoms with Crippen LogP contribution < -0.4 is 10.6 Å². The normalized spacial score (nSPS) is 11.6. The van der Waals surface area contributed by atoms with Crippen LogP contribution in [0.15, 0.2) is 29.3 Å². The molecule has 0 saturated carbocycles. The minimum absolute atomic E-state index is 0. The number of rotatable bonds is 11. The molecule has 0 aromatic heterocycles. The zero-order valence-corrected chi connectivity index (χ0v) is 21.0. The van der Waals surface area contributed by atoms with Gasteiger partial charge in [0.1, 0.15) is 0 Å². The smallest absolute Gasteiger partial charge is 0.253 e. The van der Waals surface area contributed by atoms with Crippen LogP contribution in [-0.4, -0.2) is 62.2 Å². The lowest BCUT2D eigenvalue weighted by Gasteiger charge is -2.29. The first-order valence-electron chi connectivity index (χ1n) is 10.3. The number of carbonyl (C=O) groups excluding carboxylic acids is 1. The Labute approximate surface area is 193 Å². The van der Waals surface area contributed by atoms with E-state index >= 15 is 0 Å². The van der Waals surface area contributed by atoms with Crippen LogP contribution in [0.1, 0.15) is 56.0 Å². The maximum atomic E-state index is 12.1. The number of aliphatic imine (C=N–C) groups is 1. The lowest BCUT2D eigenvalue weighted by atomic mass is 9.79. The van der Waals surface area contributed by atoms with Gasteiger partial charge >= 0.3 is 0 Å². The van der Waals surface area contributed by atoms with E-state index in [2.05, 4.69) is 24.5 Å². The predicted molar refractivity (Wildman–Crippen MR) is 132 cm³/mol. The summed E-state index contributed by atoms with van der Waals surface area (Å²) in [5.41, 5.74) is 1.88. The molecule has 1 aromatic rings. The van der Waals surface area contributed by atoms with Gasteiger partial charge in [-0.3, -0.25) is 9.79 Å². The molecule has 1 rings (SSSR count). The van der Waals surface area contributed by atoms with Crippen molar-refractivity contribution in [2.75, 3.05) is 40.3 Å². The third-order valence-corrected chi connectivity index (χ3v) is 5.35. The van der Waals surface area contributed by atoms with E-state index in [1.54, 1.807) is 19.0 Å². The molecule has 0 bridgehead atoms. The van der Waals surface area contributed by atoms with Gasteiger partial charge in [-0.25, -0.2) is 0 Å². The Kier molecular flexibility index (Phi) is 13.9. The van der Waals surface area contributed by atoms with Gasteiger partial charge in [0.2, 0.25) is 0 Å². The third-order valence-electron chi connectivity index (χ3n) is 5.35. The lowest BCUT2D eigenvalue weighted by molar-refractivity contribution is 0.0827. The summed E-state index contributed by atoms with van der Waals surface area (Å²) in [5, 5.41) is 16.1. The van der Waals surface area contributed by atoms with Crippen molar-refractivity contribution in [2.45, 2.75) is 46.5 Å². The number of carbonyl (C=O) groups is 1. The fourth-order valence-electron chi connectivity index (χ4n) is 3.18. The van der Waals surface area contributed by atoms with Crippen LogP contribution in [0.3, 0.4) is 0 Å². The first-order chi connectivity index (χ1) is 13.4. The van der Waals surface area contributed by atoms with Gasteiger partial charge in [0.25, 0.3) is 5.91 Å². The van der Waals surface area contributed by atoms with Crippen LogP contribution in [0.4, 0.5) is 0 Å². The topological polar surface area (TPSA) is 77.0 Å². The van der Waals surface area contributed by atoms with Crippen LogP contribution in [0.25, 0.3) is 0 Å². The van der Waals surface area contributed by atoms with Crippen molar-refractivity contribution in [3.8, 4) is 0 Å². The minimum Gasteiger partial charge on any atom is -0.396 e. The zero-order chi connectivity index (χ0) is 21.0. The van der Waals surface area contributed by atoms with E-state index in [9.17, 15) is 9.90 Å². The molecule has 29 heavy (non-hydrogen) atoms. The van der Waals surface area contributed by atoms with E-state index < -0.39 is 0 Å². The van der Waals surface area contributed by atoms with E-state index in [0.29, 0.717) is 12.1 Å². The van der Waals surface area contributed by atoms with Gasteiger partial charge in [0.05, 0.1) is 0 Å². The number of guanidine groups is 1. The molecule has 1 aromatic carbocycles. The fourth-order valence-corrected chi connectivity index (χ4v) is 3.18. The SMILES string of the molecule is CCNC(=NCC(CC)(CC)CCO)NCCc1cccc(C(=O)N(C)C)c1.I. The van der Waals surface area contributed by atoms with Crippen LogP contribution in [0.5, 0.6) is 0 Å². The number of aliphatic hydroxyl groups excluding tert-OH is 1. The molecule has 0 aliphatic rings. The lowest BCUT2D eigenvalue weighted by Crippen LogP contribution is -2.39. The Balaban J connectivity index is 0.00000784. The Morgan fingerprint density at radius 1 is 1.17 bits per heavy atom. The van der Waals surface area contributed by atoms with Gasteiger partial charge in [0, 0.05) is 45.9 Å². The molecule has 166 valence electrons. The summed E-state index contributed by atoms with van der Waals surface area (Å²) in [6.07, 6.45) is 3.58. The number of benzene rings is 1. The van der Waals surface area contributed by atoms with Crippen LogP contribution in [0, 0.1) is 5.41 Å². The van der Waals surface area contributed by atoms with E-state index in [4.69, 9.17) is 4.99 Å². The summed E-state index contributed by atoms with van der Waals surface area (Å²) < 4.78 is 0. The van der Waals surface area contributed by atoms with Gasteiger partial charge in [-0.05, 0) is 55.7 Å². The van der Waals surface area contributed by atoms with Crippen molar-refractivity contribution in [2.24, 2.45) is 10.4 Å². The molecule has 0 saturated heterocycles. The van der Waals surface area contributed by atoms with Gasteiger partial charge in [0.15, 0.2) is 5.96 Å². The third kappa shape index (κ3) is 9.33. The Bertz CT molecular complexity index is 631. The summed E-state index contributed by atoms with van der Waals surface area (Å²) >= 11 is 0. The number of nitrogens with zero attached hydrogens (tertiary/aromatic N) is 2. The second-order valence-corrected chi connectivity index (χ2v) is 7.45. The monoisotopic (exact) mass is 518 g/mol. The molecule has 0 spiro atoms. The fraction of sp³-hybridized carbons (Fsp3) is 0.636. The summed E-state index contributed by atoms with van der Waals surface area (Å²) in [5.74, 6) is 0.816. The second kappa shape index (κ2) is 14.6. The number of hydrogen-bond donors (Lipinski definition) is 3. The highest BCUT2D eigenvalue weighted by Gasteiger charge is 2.25. The summed E-state index contributed by atoms with van der Waals surface area (Å²) in [6, 6.07) is 7.77. The highest BCUT2D eigenvalue weighted by molar-refractivity contribution is 14.0. The molecule has 1 amide bonds. The Morgan fingerprint density at radius 2 is 1.86 bits per heavy atom. The number of nitrogens with one attached hydrogen (secondary N) is 2. The first kappa shape index (κ1) is 27.6. The van der Waals surface area contributed by atoms with Crippen LogP contribution in [0.2, 0.25) is 0 Å². The Morgan fingerprint density at radius 3 is 2.41 bits per heavy atom. The average Bonchev–Trinajstić information content (AvgIpc) is 2.70. The molecule has 0 unspecified atom stereocenters. The summed E-state index contributed by atoms with van der Waals surface area (Å²) in [7, 11) is 3.53. The first-order valence-corrected chi connectivity index (χ1v) is 10.3. The quantitative estimate of drug-likeness (QED) is 0.239. The molecular weight excluding hydrogens is 479 g/mol. The van der Waals surface area contributed by atoms with Crippen molar-refractivity contribution in [3.05, 3.63) is 35.4 Å². The van der Waals surface area contributed by atoms with E-state index in [1.807, 2.05) is 31.2 Å². The average molecular weight is 518 g/mol. The second-order valence-electron chi connectivity index (χ2n) is 7.45. The highest BCUT2D eigenvalue weighted by Crippen LogP contribution is 2.30. The van der Waals surface area contributed by atoms with Crippen LogP contribution >= 0.6 is 24.0 Å². The minimum atomic E-state index is 0. The van der Waals surface area contributed by atoms with Crippen LogP contribution in [-0.2, 0) is 6.42 Å². The molecule has 3 N–H and O–H groups in total. The highest BCUT2D eigenvalue weighted by atomic mass is 127. The molecule has 0 aliphatic heterocycles. The molecule has 0 heterocycles. The summed E-state index contributed by atoms with van der Waals surface area (Å²) in [6.45, 7) is 8.80. The maximum absolute atomic E-state index is 12.1. The van der Waals surface area contributed by atoms with E-state index in [1.165, 1.54) is 0 Å². The van der Waals surface area contributed by atoms with Crippen molar-refractivity contribution >= 4 is 35.8 Å². The molecular formula is C22H39IN4O2. The number of amides is 1. The van der Waals surface area contributed by atoms with Crippen molar-refractivity contribution in [1.29, 1.82) is 0 Å². The van der Waals surface area contributed by atoms with E-state index in [-0.39, 0.29) is 41.9 Å². The van der Waals surface area contributed by atoms with Gasteiger partial charge in [-0.1, -0.05) is 26.0 Å². The van der Waals surface area contributed by atoms with Gasteiger partial charge in [-0.15, -0.1) is 24.0 Å². The van der Waals surface area contributed by atoms with E-state index in [0.717, 1.165) is 50.3 Å². The predicted octanol–water partition coefficient (Wildman–Crippen LogP) is 3.29. The molecule has 0 radical (unpaired) electrons. The molecule has 7 heteroatoms. The molecule has 0 fully saturated rings. The van der Waals surface area contributed by atoms with Crippen molar-refractivity contribution in [1.82, 2.24) is 15.5 Å². The molecule has 0 aliphatic carbocycles.